The van der Waals surface area contributed by atoms with Crippen LogP contribution in [0, 0.1) is 0 Å². The molecule has 7 heteroatoms. The Morgan fingerprint density at radius 3 is 2.67 bits per heavy atom. The lowest BCUT2D eigenvalue weighted by Crippen LogP contribution is -2.35. The van der Waals surface area contributed by atoms with Crippen molar-refractivity contribution in [1.82, 2.24) is 14.5 Å². The minimum Gasteiger partial charge on any atom is -0.347 e. The second-order valence-electron chi connectivity index (χ2n) is 3.15. The molecule has 0 aliphatic carbocycles. The molecule has 0 aromatic carbocycles. The van der Waals surface area contributed by atoms with Crippen molar-refractivity contribution in [1.29, 1.82) is 0 Å². The summed E-state index contributed by atoms with van der Waals surface area (Å²) in [4.78, 5) is 36.8. The zero-order chi connectivity index (χ0) is 11.6. The molecule has 1 heterocycles. The Hall–Kier alpha value is -1.56. The molecule has 0 aliphatic heterocycles. The van der Waals surface area contributed by atoms with Gasteiger partial charge in [0.2, 0.25) is 5.91 Å². The van der Waals surface area contributed by atoms with Gasteiger partial charge in [-0.05, 0) is 0 Å². The highest BCUT2D eigenvalue weighted by atomic mass is 35.5. The molecule has 1 amide bonds. The van der Waals surface area contributed by atoms with Crippen LogP contribution in [0.3, 0.4) is 0 Å². The lowest BCUT2D eigenvalue weighted by atomic mass is 10.5. The molecule has 0 fully saturated rings. The highest BCUT2D eigenvalue weighted by Gasteiger charge is 2.08. The van der Waals surface area contributed by atoms with Crippen LogP contribution < -0.4 is 11.2 Å². The maximum atomic E-state index is 11.3. The lowest BCUT2D eigenvalue weighted by Gasteiger charge is -2.11. The number of likely N-dealkylation sites (N-methyl/N-ethyl adjacent to an activating group) is 1. The van der Waals surface area contributed by atoms with Crippen LogP contribution in [0.1, 0.15) is 0 Å². The van der Waals surface area contributed by atoms with Gasteiger partial charge in [-0.15, -0.1) is 0 Å². The van der Waals surface area contributed by atoms with Gasteiger partial charge >= 0.3 is 5.69 Å². The predicted octanol–water partition coefficient (Wildman–Crippen LogP) is -0.722. The number of nitrogens with one attached hydrogen (secondary N) is 1. The van der Waals surface area contributed by atoms with Gasteiger partial charge in [-0.3, -0.25) is 19.1 Å². The summed E-state index contributed by atoms with van der Waals surface area (Å²) in [5.74, 6) is -0.264. The Labute approximate surface area is 90.1 Å². The standard InChI is InChI=1S/C8H10ClN3O3/c1-11(2)6(13)4-12-3-5(9)7(14)10-8(12)15/h3H,4H2,1-2H3,(H,10,14,15). The van der Waals surface area contributed by atoms with Crippen molar-refractivity contribution >= 4 is 17.5 Å². The normalized spacial score (nSPS) is 10.1. The van der Waals surface area contributed by atoms with Crippen LogP contribution in [0.15, 0.2) is 15.8 Å². The number of H-pyrrole nitrogens is 1. The molecule has 1 rings (SSSR count). The van der Waals surface area contributed by atoms with Gasteiger partial charge < -0.3 is 4.90 Å². The number of aromatic amines is 1. The molecule has 0 atom stereocenters. The molecule has 1 N–H and O–H groups in total. The number of carbonyl (C=O) groups excluding carboxylic acids is 1. The molecule has 0 saturated heterocycles. The number of amides is 1. The molecule has 0 radical (unpaired) electrons. The Morgan fingerprint density at radius 1 is 1.53 bits per heavy atom. The van der Waals surface area contributed by atoms with Crippen molar-refractivity contribution in [2.75, 3.05) is 14.1 Å². The van der Waals surface area contributed by atoms with E-state index < -0.39 is 11.2 Å². The van der Waals surface area contributed by atoms with E-state index in [2.05, 4.69) is 0 Å². The van der Waals surface area contributed by atoms with Gasteiger partial charge in [-0.25, -0.2) is 4.79 Å². The first-order valence-corrected chi connectivity index (χ1v) is 4.49. The minimum atomic E-state index is -0.657. The van der Waals surface area contributed by atoms with E-state index >= 15 is 0 Å². The summed E-state index contributed by atoms with van der Waals surface area (Å²) in [6, 6.07) is 0. The zero-order valence-electron chi connectivity index (χ0n) is 8.28. The molecule has 0 spiro atoms. The molecule has 1 aromatic heterocycles. The smallest absolute Gasteiger partial charge is 0.328 e. The molecule has 15 heavy (non-hydrogen) atoms. The average molecular weight is 232 g/mol. The van der Waals surface area contributed by atoms with E-state index in [0.717, 1.165) is 10.8 Å². The van der Waals surface area contributed by atoms with Gasteiger partial charge in [0.1, 0.15) is 11.6 Å². The van der Waals surface area contributed by atoms with E-state index in [4.69, 9.17) is 11.6 Å². The molecular weight excluding hydrogens is 222 g/mol. The number of hydrogen-bond acceptors (Lipinski definition) is 3. The minimum absolute atomic E-state index is 0.124. The molecule has 82 valence electrons. The van der Waals surface area contributed by atoms with E-state index in [9.17, 15) is 14.4 Å². The molecule has 0 aliphatic rings. The van der Waals surface area contributed by atoms with Crippen LogP contribution in [0.2, 0.25) is 5.02 Å². The van der Waals surface area contributed by atoms with E-state index in [1.165, 1.54) is 4.90 Å². The summed E-state index contributed by atoms with van der Waals surface area (Å²) < 4.78 is 1.05. The number of aromatic nitrogens is 2. The number of nitrogens with zero attached hydrogens (tertiary/aromatic N) is 2. The summed E-state index contributed by atoms with van der Waals surface area (Å²) in [5, 5.41) is -0.124. The van der Waals surface area contributed by atoms with Gasteiger partial charge in [0, 0.05) is 20.3 Å². The average Bonchev–Trinajstić information content (AvgIpc) is 2.13. The predicted molar refractivity (Wildman–Crippen MR) is 55.0 cm³/mol. The molecule has 0 unspecified atom stereocenters. The third-order valence-corrected chi connectivity index (χ3v) is 2.04. The lowest BCUT2D eigenvalue weighted by molar-refractivity contribution is -0.129. The molecule has 1 aromatic rings. The van der Waals surface area contributed by atoms with E-state index in [0.29, 0.717) is 0 Å². The molecule has 0 bridgehead atoms. The van der Waals surface area contributed by atoms with Crippen LogP contribution in [-0.2, 0) is 11.3 Å². The quantitative estimate of drug-likeness (QED) is 0.730. The van der Waals surface area contributed by atoms with Crippen LogP contribution in [-0.4, -0.2) is 34.5 Å². The van der Waals surface area contributed by atoms with Crippen molar-refractivity contribution in [3.8, 4) is 0 Å². The largest absolute Gasteiger partial charge is 0.347 e. The summed E-state index contributed by atoms with van der Waals surface area (Å²) in [6.07, 6.45) is 1.14. The summed E-state index contributed by atoms with van der Waals surface area (Å²) in [6.45, 7) is -0.150. The second kappa shape index (κ2) is 4.31. The fourth-order valence-corrected chi connectivity index (χ4v) is 1.05. The van der Waals surface area contributed by atoms with Gasteiger partial charge in [0.25, 0.3) is 5.56 Å². The van der Waals surface area contributed by atoms with E-state index in [1.54, 1.807) is 14.1 Å². The first-order chi connectivity index (χ1) is 6.91. The highest BCUT2D eigenvalue weighted by molar-refractivity contribution is 6.30. The van der Waals surface area contributed by atoms with Crippen LogP contribution >= 0.6 is 11.6 Å². The maximum Gasteiger partial charge on any atom is 0.328 e. The van der Waals surface area contributed by atoms with E-state index in [1.807, 2.05) is 4.98 Å². The summed E-state index contributed by atoms with van der Waals surface area (Å²) in [5.41, 5.74) is -1.31. The summed E-state index contributed by atoms with van der Waals surface area (Å²) >= 11 is 5.52. The topological polar surface area (TPSA) is 75.2 Å². The van der Waals surface area contributed by atoms with Gasteiger partial charge in [-0.1, -0.05) is 11.6 Å². The fourth-order valence-electron chi connectivity index (χ4n) is 0.887. The SMILES string of the molecule is CN(C)C(=O)Cn1cc(Cl)c(=O)[nH]c1=O. The Bertz CT molecular complexity index is 489. The van der Waals surface area contributed by atoms with Crippen LogP contribution in [0.5, 0.6) is 0 Å². The van der Waals surface area contributed by atoms with E-state index in [-0.39, 0.29) is 17.5 Å². The Kier molecular flexibility index (Phi) is 3.31. The Morgan fingerprint density at radius 2 is 2.13 bits per heavy atom. The van der Waals surface area contributed by atoms with Gasteiger partial charge in [-0.2, -0.15) is 0 Å². The van der Waals surface area contributed by atoms with Crippen molar-refractivity contribution in [2.45, 2.75) is 6.54 Å². The maximum absolute atomic E-state index is 11.3. The first-order valence-electron chi connectivity index (χ1n) is 4.11. The van der Waals surface area contributed by atoms with Crippen molar-refractivity contribution in [2.24, 2.45) is 0 Å². The van der Waals surface area contributed by atoms with Crippen LogP contribution in [0.4, 0.5) is 0 Å². The molecular formula is C8H10ClN3O3. The van der Waals surface area contributed by atoms with Gasteiger partial charge in [0.05, 0.1) is 0 Å². The zero-order valence-corrected chi connectivity index (χ0v) is 9.04. The Balaban J connectivity index is 3.07. The molecule has 0 saturated carbocycles. The monoisotopic (exact) mass is 231 g/mol. The second-order valence-corrected chi connectivity index (χ2v) is 3.56. The van der Waals surface area contributed by atoms with Gasteiger partial charge in [0.15, 0.2) is 0 Å². The number of carbonyl (C=O) groups is 1. The van der Waals surface area contributed by atoms with Crippen molar-refractivity contribution in [3.63, 3.8) is 0 Å². The number of hydrogen-bond donors (Lipinski definition) is 1. The fraction of sp³-hybridized carbons (Fsp3) is 0.375. The number of rotatable bonds is 2. The van der Waals surface area contributed by atoms with Crippen molar-refractivity contribution in [3.05, 3.63) is 32.1 Å². The number of halogens is 1. The van der Waals surface area contributed by atoms with Crippen molar-refractivity contribution < 1.29 is 4.79 Å². The third-order valence-electron chi connectivity index (χ3n) is 1.77. The highest BCUT2D eigenvalue weighted by Crippen LogP contribution is 1.96. The first kappa shape index (κ1) is 11.5. The third kappa shape index (κ3) is 2.69. The molecule has 6 nitrogen and oxygen atoms in total. The summed E-state index contributed by atoms with van der Waals surface area (Å²) in [7, 11) is 3.14. The van der Waals surface area contributed by atoms with Crippen LogP contribution in [0.25, 0.3) is 0 Å².